The van der Waals surface area contributed by atoms with Crippen molar-refractivity contribution in [2.24, 2.45) is 0 Å². The van der Waals surface area contributed by atoms with Crippen LogP contribution in [0.2, 0.25) is 0 Å². The van der Waals surface area contributed by atoms with Gasteiger partial charge in [-0.25, -0.2) is 0 Å². The van der Waals surface area contributed by atoms with E-state index in [1.807, 2.05) is 0 Å². The van der Waals surface area contributed by atoms with Crippen molar-refractivity contribution < 1.29 is 12.4 Å². The van der Waals surface area contributed by atoms with Gasteiger partial charge in [0.25, 0.3) is 0 Å². The first kappa shape index (κ1) is 20.3. The highest BCUT2D eigenvalue weighted by molar-refractivity contribution is 7.95. The molecular formula is C26H24ClP. The molecule has 0 N–H and O–H groups in total. The number of benzene rings is 4. The van der Waals surface area contributed by atoms with Gasteiger partial charge in [0.05, 0.1) is 6.16 Å². The zero-order valence-corrected chi connectivity index (χ0v) is 17.7. The first-order chi connectivity index (χ1) is 13.3. The second kappa shape index (κ2) is 9.20. The van der Waals surface area contributed by atoms with Crippen LogP contribution in [0.3, 0.4) is 0 Å². The van der Waals surface area contributed by atoms with Gasteiger partial charge in [0.2, 0.25) is 0 Å². The molecule has 0 aliphatic carbocycles. The van der Waals surface area contributed by atoms with Crippen molar-refractivity contribution in [3.05, 3.63) is 126 Å². The molecular weight excluding hydrogens is 379 g/mol. The van der Waals surface area contributed by atoms with E-state index in [2.05, 4.69) is 122 Å². The molecule has 0 saturated carbocycles. The molecule has 28 heavy (non-hydrogen) atoms. The third-order valence-corrected chi connectivity index (χ3v) is 9.47. The van der Waals surface area contributed by atoms with E-state index in [0.29, 0.717) is 0 Å². The number of rotatable bonds is 5. The average Bonchev–Trinajstić information content (AvgIpc) is 2.74. The molecule has 140 valence electrons. The minimum atomic E-state index is -1.79. The highest BCUT2D eigenvalue weighted by Crippen LogP contribution is 2.58. The van der Waals surface area contributed by atoms with E-state index in [1.54, 1.807) is 0 Å². The van der Waals surface area contributed by atoms with Crippen LogP contribution in [0.15, 0.2) is 115 Å². The van der Waals surface area contributed by atoms with Gasteiger partial charge < -0.3 is 12.4 Å². The number of halogens is 1. The van der Waals surface area contributed by atoms with Gasteiger partial charge in [0.1, 0.15) is 23.2 Å². The molecule has 0 radical (unpaired) electrons. The topological polar surface area (TPSA) is 0 Å². The molecule has 0 aliphatic rings. The monoisotopic (exact) mass is 402 g/mol. The summed E-state index contributed by atoms with van der Waals surface area (Å²) >= 11 is 0. The van der Waals surface area contributed by atoms with E-state index in [0.717, 1.165) is 6.16 Å². The van der Waals surface area contributed by atoms with Crippen LogP contribution in [0.4, 0.5) is 0 Å². The van der Waals surface area contributed by atoms with Crippen molar-refractivity contribution in [3.8, 4) is 0 Å². The normalized spacial score (nSPS) is 10.9. The van der Waals surface area contributed by atoms with Crippen LogP contribution in [-0.4, -0.2) is 0 Å². The van der Waals surface area contributed by atoms with Crippen LogP contribution in [0.1, 0.15) is 11.1 Å². The van der Waals surface area contributed by atoms with Crippen molar-refractivity contribution in [1.29, 1.82) is 0 Å². The van der Waals surface area contributed by atoms with Gasteiger partial charge in [0.15, 0.2) is 0 Å². The maximum atomic E-state index is 2.34. The lowest BCUT2D eigenvalue weighted by Gasteiger charge is -2.28. The van der Waals surface area contributed by atoms with Crippen LogP contribution < -0.4 is 28.3 Å². The Labute approximate surface area is 175 Å². The molecule has 0 spiro atoms. The fraction of sp³-hybridized carbons (Fsp3) is 0.0769. The first-order valence-electron chi connectivity index (χ1n) is 9.39. The van der Waals surface area contributed by atoms with Crippen molar-refractivity contribution in [2.45, 2.75) is 13.1 Å². The van der Waals surface area contributed by atoms with Crippen LogP contribution in [0.25, 0.3) is 0 Å². The van der Waals surface area contributed by atoms with Crippen LogP contribution in [0.5, 0.6) is 0 Å². The predicted octanol–water partition coefficient (Wildman–Crippen LogP) is 2.49. The maximum Gasteiger partial charge on any atom is 0.116 e. The molecule has 2 heteroatoms. The lowest BCUT2D eigenvalue weighted by molar-refractivity contribution is -0.00000533. The van der Waals surface area contributed by atoms with Crippen molar-refractivity contribution >= 4 is 23.2 Å². The number of aryl methyl sites for hydroxylation is 1. The summed E-state index contributed by atoms with van der Waals surface area (Å²) in [5.74, 6) is 0. The van der Waals surface area contributed by atoms with E-state index in [4.69, 9.17) is 0 Å². The molecule has 0 heterocycles. The summed E-state index contributed by atoms with van der Waals surface area (Å²) < 4.78 is 0. The lowest BCUT2D eigenvalue weighted by atomic mass is 10.2. The van der Waals surface area contributed by atoms with Gasteiger partial charge in [-0.2, -0.15) is 0 Å². The molecule has 4 rings (SSSR count). The standard InChI is InChI=1S/C26H24P.ClH/c1-22-12-11-13-23(20-22)21-27(24-14-5-2-6-15-24,25-16-7-3-8-17-25)26-18-9-4-10-19-26;/h2-20H,21H2,1H3;1H/q+1;/p-1. The predicted molar refractivity (Wildman–Crippen MR) is 120 cm³/mol. The van der Waals surface area contributed by atoms with Gasteiger partial charge in [-0.3, -0.25) is 0 Å². The summed E-state index contributed by atoms with van der Waals surface area (Å²) in [5.41, 5.74) is 2.72. The highest BCUT2D eigenvalue weighted by Gasteiger charge is 2.45. The minimum Gasteiger partial charge on any atom is -1.00 e. The zero-order valence-electron chi connectivity index (χ0n) is 16.0. The largest absolute Gasteiger partial charge is 1.00 e. The molecule has 0 bridgehead atoms. The smallest absolute Gasteiger partial charge is 0.116 e. The quantitative estimate of drug-likeness (QED) is 0.450. The number of hydrogen-bond acceptors (Lipinski definition) is 0. The molecule has 0 atom stereocenters. The zero-order chi connectivity index (χ0) is 18.5. The summed E-state index contributed by atoms with van der Waals surface area (Å²) in [4.78, 5) is 0. The Morgan fingerprint density at radius 1 is 0.536 bits per heavy atom. The van der Waals surface area contributed by atoms with Crippen molar-refractivity contribution in [1.82, 2.24) is 0 Å². The van der Waals surface area contributed by atoms with E-state index in [-0.39, 0.29) is 12.4 Å². The van der Waals surface area contributed by atoms with Crippen LogP contribution in [-0.2, 0) is 6.16 Å². The second-order valence-electron chi connectivity index (χ2n) is 6.96. The molecule has 0 aliphatic heterocycles. The van der Waals surface area contributed by atoms with Gasteiger partial charge in [-0.05, 0) is 48.9 Å². The maximum absolute atomic E-state index is 2.34. The Bertz CT molecular complexity index is 901. The lowest BCUT2D eigenvalue weighted by Crippen LogP contribution is -3.00. The third-order valence-electron chi connectivity index (χ3n) is 5.09. The fourth-order valence-electron chi connectivity index (χ4n) is 3.85. The molecule has 4 aromatic carbocycles. The SMILES string of the molecule is Cc1cccc(C[P+](c2ccccc2)(c2ccccc2)c2ccccc2)c1.[Cl-]. The van der Waals surface area contributed by atoms with E-state index >= 15 is 0 Å². The molecule has 0 fully saturated rings. The van der Waals surface area contributed by atoms with E-state index < -0.39 is 7.26 Å². The first-order valence-corrected chi connectivity index (χ1v) is 11.4. The molecule has 4 aromatic rings. The average molecular weight is 403 g/mol. The molecule has 0 saturated heterocycles. The molecule has 0 aromatic heterocycles. The third kappa shape index (κ3) is 4.04. The minimum absolute atomic E-state index is 0. The van der Waals surface area contributed by atoms with E-state index in [9.17, 15) is 0 Å². The Morgan fingerprint density at radius 3 is 1.36 bits per heavy atom. The molecule has 0 nitrogen and oxygen atoms in total. The number of hydrogen-bond donors (Lipinski definition) is 0. The van der Waals surface area contributed by atoms with Crippen LogP contribution >= 0.6 is 7.26 Å². The van der Waals surface area contributed by atoms with Crippen LogP contribution in [0, 0.1) is 6.92 Å². The van der Waals surface area contributed by atoms with Crippen molar-refractivity contribution in [2.75, 3.05) is 0 Å². The fourth-order valence-corrected chi connectivity index (χ4v) is 8.08. The molecule has 0 amide bonds. The Kier molecular flexibility index (Phi) is 6.68. The van der Waals surface area contributed by atoms with E-state index in [1.165, 1.54) is 27.0 Å². The summed E-state index contributed by atoms with van der Waals surface area (Å²) in [6, 6.07) is 42.2. The Morgan fingerprint density at radius 2 is 0.964 bits per heavy atom. The second-order valence-corrected chi connectivity index (χ2v) is 10.4. The highest BCUT2D eigenvalue weighted by atomic mass is 35.5. The Hall–Kier alpha value is -2.40. The van der Waals surface area contributed by atoms with Crippen molar-refractivity contribution in [3.63, 3.8) is 0 Å². The summed E-state index contributed by atoms with van der Waals surface area (Å²) in [5, 5.41) is 4.30. The summed E-state index contributed by atoms with van der Waals surface area (Å²) in [6.45, 7) is 2.18. The van der Waals surface area contributed by atoms with Gasteiger partial charge in [-0.1, -0.05) is 84.4 Å². The van der Waals surface area contributed by atoms with Gasteiger partial charge >= 0.3 is 0 Å². The molecule has 0 unspecified atom stereocenters. The summed E-state index contributed by atoms with van der Waals surface area (Å²) in [6.07, 6.45) is 1.03. The Balaban J connectivity index is 0.00000225. The van der Waals surface area contributed by atoms with Gasteiger partial charge in [-0.15, -0.1) is 0 Å². The van der Waals surface area contributed by atoms with Gasteiger partial charge in [0, 0.05) is 0 Å². The summed E-state index contributed by atoms with van der Waals surface area (Å²) in [7, 11) is -1.79.